The van der Waals surface area contributed by atoms with E-state index in [4.69, 9.17) is 4.42 Å². The number of amides is 1. The highest BCUT2D eigenvalue weighted by atomic mass is 32.1. The number of thiazole rings is 1. The number of fused-ring (bicyclic) bond motifs is 1. The van der Waals surface area contributed by atoms with Crippen LogP contribution < -0.4 is 5.32 Å². The number of hydrogen-bond acceptors (Lipinski definition) is 4. The van der Waals surface area contributed by atoms with Gasteiger partial charge >= 0.3 is 0 Å². The van der Waals surface area contributed by atoms with Crippen LogP contribution in [-0.2, 0) is 6.54 Å². The first-order valence-electron chi connectivity index (χ1n) is 8.41. The van der Waals surface area contributed by atoms with Crippen molar-refractivity contribution >= 4 is 27.5 Å². The fourth-order valence-corrected chi connectivity index (χ4v) is 3.75. The molecule has 4 rings (SSSR count). The van der Waals surface area contributed by atoms with E-state index in [9.17, 15) is 4.79 Å². The molecule has 0 unspecified atom stereocenters. The van der Waals surface area contributed by atoms with Crippen LogP contribution >= 0.6 is 11.3 Å². The smallest absolute Gasteiger partial charge is 0.251 e. The van der Waals surface area contributed by atoms with E-state index in [1.54, 1.807) is 11.3 Å². The number of hydrogen-bond donors (Lipinski definition) is 1. The Kier molecular flexibility index (Phi) is 4.31. The van der Waals surface area contributed by atoms with Gasteiger partial charge in [0, 0.05) is 5.56 Å². The Hall–Kier alpha value is -2.92. The van der Waals surface area contributed by atoms with Gasteiger partial charge in [0.15, 0.2) is 10.8 Å². The summed E-state index contributed by atoms with van der Waals surface area (Å²) in [4.78, 5) is 17.0. The van der Waals surface area contributed by atoms with Crippen molar-refractivity contribution < 1.29 is 9.21 Å². The Balaban J connectivity index is 1.48. The van der Waals surface area contributed by atoms with Crippen molar-refractivity contribution in [1.82, 2.24) is 10.3 Å². The largest absolute Gasteiger partial charge is 0.457 e. The number of para-hydroxylation sites is 1. The SMILES string of the molecule is Cc1cccc(C(=O)NCc2ccc(-c3nc4ccccc4s3)o2)c1C. The molecule has 0 aliphatic heterocycles. The maximum absolute atomic E-state index is 12.4. The molecule has 0 atom stereocenters. The molecule has 2 aromatic carbocycles. The zero-order valence-electron chi connectivity index (χ0n) is 14.6. The number of nitrogens with zero attached hydrogens (tertiary/aromatic N) is 1. The van der Waals surface area contributed by atoms with Gasteiger partial charge in [0.25, 0.3) is 5.91 Å². The molecule has 2 aromatic heterocycles. The van der Waals surface area contributed by atoms with Gasteiger partial charge in [0.2, 0.25) is 0 Å². The highest BCUT2D eigenvalue weighted by Gasteiger charge is 2.13. The van der Waals surface area contributed by atoms with E-state index in [1.807, 2.05) is 68.4 Å². The number of rotatable bonds is 4. The molecule has 4 nitrogen and oxygen atoms in total. The van der Waals surface area contributed by atoms with Crippen LogP contribution in [0.25, 0.3) is 21.0 Å². The number of nitrogens with one attached hydrogen (secondary N) is 1. The molecule has 4 aromatic rings. The summed E-state index contributed by atoms with van der Waals surface area (Å²) in [5, 5.41) is 3.77. The molecule has 0 aliphatic carbocycles. The molecule has 1 N–H and O–H groups in total. The lowest BCUT2D eigenvalue weighted by Gasteiger charge is -2.08. The van der Waals surface area contributed by atoms with Crippen LogP contribution in [-0.4, -0.2) is 10.9 Å². The van der Waals surface area contributed by atoms with Crippen molar-refractivity contribution in [3.63, 3.8) is 0 Å². The molecular weight excluding hydrogens is 344 g/mol. The lowest BCUT2D eigenvalue weighted by molar-refractivity contribution is 0.0947. The van der Waals surface area contributed by atoms with Gasteiger partial charge in [-0.15, -0.1) is 11.3 Å². The van der Waals surface area contributed by atoms with Crippen molar-refractivity contribution in [2.45, 2.75) is 20.4 Å². The molecule has 0 bridgehead atoms. The number of furan rings is 1. The minimum absolute atomic E-state index is 0.0934. The standard InChI is InChI=1S/C21H18N2O2S/c1-13-6-5-7-16(14(13)2)20(24)22-12-15-10-11-18(25-15)21-23-17-8-3-4-9-19(17)26-21/h3-11H,12H2,1-2H3,(H,22,24). The summed E-state index contributed by atoms with van der Waals surface area (Å²) in [7, 11) is 0. The van der Waals surface area contributed by atoms with E-state index in [1.165, 1.54) is 0 Å². The highest BCUT2D eigenvalue weighted by molar-refractivity contribution is 7.21. The Morgan fingerprint density at radius 3 is 2.77 bits per heavy atom. The minimum atomic E-state index is -0.0934. The molecule has 0 aliphatic rings. The Morgan fingerprint density at radius 2 is 1.92 bits per heavy atom. The van der Waals surface area contributed by atoms with Gasteiger partial charge in [-0.05, 0) is 55.3 Å². The van der Waals surface area contributed by atoms with E-state index >= 15 is 0 Å². The summed E-state index contributed by atoms with van der Waals surface area (Å²) < 4.78 is 7.00. The van der Waals surface area contributed by atoms with Crippen molar-refractivity contribution in [3.8, 4) is 10.8 Å². The summed E-state index contributed by atoms with van der Waals surface area (Å²) in [6, 6.07) is 17.5. The number of aromatic nitrogens is 1. The maximum atomic E-state index is 12.4. The second kappa shape index (κ2) is 6.77. The van der Waals surface area contributed by atoms with E-state index < -0.39 is 0 Å². The molecule has 130 valence electrons. The van der Waals surface area contributed by atoms with Crippen LogP contribution in [0.1, 0.15) is 27.2 Å². The molecule has 0 spiro atoms. The van der Waals surface area contributed by atoms with Gasteiger partial charge in [-0.1, -0.05) is 24.3 Å². The molecule has 1 amide bonds. The fraction of sp³-hybridized carbons (Fsp3) is 0.143. The number of aryl methyl sites for hydroxylation is 1. The third-order valence-electron chi connectivity index (χ3n) is 4.44. The summed E-state index contributed by atoms with van der Waals surface area (Å²) in [6.07, 6.45) is 0. The predicted octanol–water partition coefficient (Wildman–Crippen LogP) is 5.10. The quantitative estimate of drug-likeness (QED) is 0.549. The summed E-state index contributed by atoms with van der Waals surface area (Å²) in [6.45, 7) is 4.31. The molecular formula is C21H18N2O2S. The molecule has 0 saturated heterocycles. The number of carbonyl (C=O) groups is 1. The maximum Gasteiger partial charge on any atom is 0.251 e. The molecule has 0 radical (unpaired) electrons. The van der Waals surface area contributed by atoms with E-state index in [0.29, 0.717) is 17.9 Å². The first-order valence-corrected chi connectivity index (χ1v) is 9.22. The van der Waals surface area contributed by atoms with E-state index in [-0.39, 0.29) is 5.91 Å². The third-order valence-corrected chi connectivity index (χ3v) is 5.49. The third kappa shape index (κ3) is 3.13. The van der Waals surface area contributed by atoms with Crippen LogP contribution in [0.15, 0.2) is 59.0 Å². The van der Waals surface area contributed by atoms with Crippen LogP contribution in [0.2, 0.25) is 0 Å². The summed E-state index contributed by atoms with van der Waals surface area (Å²) in [5.74, 6) is 1.34. The Labute approximate surface area is 155 Å². The van der Waals surface area contributed by atoms with Crippen molar-refractivity contribution in [2.24, 2.45) is 0 Å². The Bertz CT molecular complexity index is 1060. The zero-order valence-corrected chi connectivity index (χ0v) is 15.4. The minimum Gasteiger partial charge on any atom is -0.457 e. The molecule has 2 heterocycles. The summed E-state index contributed by atoms with van der Waals surface area (Å²) in [5.41, 5.74) is 3.77. The van der Waals surface area contributed by atoms with Gasteiger partial charge < -0.3 is 9.73 Å². The number of carbonyl (C=O) groups excluding carboxylic acids is 1. The van der Waals surface area contributed by atoms with Gasteiger partial charge in [0.1, 0.15) is 5.76 Å². The van der Waals surface area contributed by atoms with Gasteiger partial charge in [-0.3, -0.25) is 4.79 Å². The topological polar surface area (TPSA) is 55.1 Å². The molecule has 26 heavy (non-hydrogen) atoms. The Morgan fingerprint density at radius 1 is 1.08 bits per heavy atom. The first-order chi connectivity index (χ1) is 12.6. The normalized spacial score (nSPS) is 11.0. The van der Waals surface area contributed by atoms with Crippen molar-refractivity contribution in [2.75, 3.05) is 0 Å². The zero-order chi connectivity index (χ0) is 18.1. The van der Waals surface area contributed by atoms with Crippen LogP contribution in [0.3, 0.4) is 0 Å². The van der Waals surface area contributed by atoms with E-state index in [0.717, 1.165) is 32.1 Å². The highest BCUT2D eigenvalue weighted by Crippen LogP contribution is 2.31. The van der Waals surface area contributed by atoms with Gasteiger partial charge in [-0.25, -0.2) is 4.98 Å². The molecule has 0 fully saturated rings. The van der Waals surface area contributed by atoms with Crippen molar-refractivity contribution in [1.29, 1.82) is 0 Å². The van der Waals surface area contributed by atoms with Gasteiger partial charge in [-0.2, -0.15) is 0 Å². The number of benzene rings is 2. The first kappa shape index (κ1) is 16.5. The van der Waals surface area contributed by atoms with Crippen LogP contribution in [0, 0.1) is 13.8 Å². The van der Waals surface area contributed by atoms with Crippen LogP contribution in [0.5, 0.6) is 0 Å². The lowest BCUT2D eigenvalue weighted by atomic mass is 10.0. The van der Waals surface area contributed by atoms with Crippen molar-refractivity contribution in [3.05, 3.63) is 77.0 Å². The second-order valence-corrected chi connectivity index (χ2v) is 7.21. The fourth-order valence-electron chi connectivity index (χ4n) is 2.83. The second-order valence-electron chi connectivity index (χ2n) is 6.18. The monoisotopic (exact) mass is 362 g/mol. The average molecular weight is 362 g/mol. The lowest BCUT2D eigenvalue weighted by Crippen LogP contribution is -2.23. The molecule has 5 heteroatoms. The van der Waals surface area contributed by atoms with Gasteiger partial charge in [0.05, 0.1) is 16.8 Å². The average Bonchev–Trinajstić information content (AvgIpc) is 3.28. The molecule has 0 saturated carbocycles. The van der Waals surface area contributed by atoms with Crippen LogP contribution in [0.4, 0.5) is 0 Å². The van der Waals surface area contributed by atoms with E-state index in [2.05, 4.69) is 10.3 Å². The predicted molar refractivity (Wildman–Crippen MR) is 104 cm³/mol. The summed E-state index contributed by atoms with van der Waals surface area (Å²) >= 11 is 1.60.